The van der Waals surface area contributed by atoms with Crippen molar-refractivity contribution in [1.29, 1.82) is 0 Å². The third kappa shape index (κ3) is 5.34. The Balaban J connectivity index is 1.14. The van der Waals surface area contributed by atoms with E-state index >= 15 is 4.39 Å². The molecule has 39 heavy (non-hydrogen) atoms. The van der Waals surface area contributed by atoms with E-state index in [1.54, 1.807) is 21.9 Å². The fraction of sp³-hybridized carbons (Fsp3) is 0.733. The molecule has 5 aliphatic rings. The molecule has 3 aliphatic carbocycles. The monoisotopic (exact) mass is 561 g/mol. The Morgan fingerprint density at radius 2 is 1.64 bits per heavy atom. The first-order valence-corrected chi connectivity index (χ1v) is 15.4. The van der Waals surface area contributed by atoms with Gasteiger partial charge in [0.15, 0.2) is 0 Å². The van der Waals surface area contributed by atoms with E-state index in [0.29, 0.717) is 56.1 Å². The van der Waals surface area contributed by atoms with Gasteiger partial charge in [0.25, 0.3) is 11.8 Å². The van der Waals surface area contributed by atoms with Crippen molar-refractivity contribution in [2.75, 3.05) is 26.2 Å². The van der Waals surface area contributed by atoms with Gasteiger partial charge in [0.2, 0.25) is 0 Å². The van der Waals surface area contributed by atoms with Crippen LogP contribution >= 0.6 is 11.6 Å². The first kappa shape index (κ1) is 27.4. The van der Waals surface area contributed by atoms with E-state index in [-0.39, 0.29) is 28.8 Å². The van der Waals surface area contributed by atoms with Crippen molar-refractivity contribution in [3.8, 4) is 0 Å². The molecule has 2 saturated heterocycles. The lowest BCUT2D eigenvalue weighted by Crippen LogP contribution is -2.54. The standard InChI is InChI=1S/C30H41ClFN3O4/c31-22-9-11-25-30(19-22,21-6-4-2-1-3-5-7-21)39-26(33-25)23-10-8-20(18-24(23)32)27(36)34-14-16-35(17-15-34)28(37)29(38)12-13-29/h8,10,18,21-22,25-26,33,38H,1-7,9,11-17,19H2. The zero-order chi connectivity index (χ0) is 27.2. The summed E-state index contributed by atoms with van der Waals surface area (Å²) in [6, 6.07) is 4.84. The molecule has 5 fully saturated rings. The van der Waals surface area contributed by atoms with Gasteiger partial charge in [-0.25, -0.2) is 4.39 Å². The Kier molecular flexibility index (Phi) is 7.68. The first-order valence-electron chi connectivity index (χ1n) is 15.0. The van der Waals surface area contributed by atoms with E-state index in [4.69, 9.17) is 16.3 Å². The van der Waals surface area contributed by atoms with Gasteiger partial charge in [0.1, 0.15) is 17.6 Å². The number of nitrogens with zero attached hydrogens (tertiary/aromatic N) is 2. The number of halogens is 2. The zero-order valence-corrected chi connectivity index (χ0v) is 23.4. The summed E-state index contributed by atoms with van der Waals surface area (Å²) in [4.78, 5) is 28.9. The maximum absolute atomic E-state index is 15.6. The van der Waals surface area contributed by atoms with Crippen LogP contribution in [0.4, 0.5) is 4.39 Å². The van der Waals surface area contributed by atoms with Crippen molar-refractivity contribution in [2.24, 2.45) is 5.92 Å². The van der Waals surface area contributed by atoms with E-state index in [1.165, 1.54) is 38.2 Å². The lowest BCUT2D eigenvalue weighted by Gasteiger charge is -2.46. The first-order chi connectivity index (χ1) is 18.8. The molecule has 2 heterocycles. The average molecular weight is 562 g/mol. The number of hydrogen-bond donors (Lipinski definition) is 2. The second-order valence-electron chi connectivity index (χ2n) is 12.4. The Labute approximate surface area is 235 Å². The number of carbonyl (C=O) groups is 2. The van der Waals surface area contributed by atoms with E-state index in [0.717, 1.165) is 32.1 Å². The second kappa shape index (κ2) is 10.9. The molecule has 0 bridgehead atoms. The van der Waals surface area contributed by atoms with Crippen LogP contribution in [0.5, 0.6) is 0 Å². The summed E-state index contributed by atoms with van der Waals surface area (Å²) in [5, 5.41) is 13.8. The number of fused-ring (bicyclic) bond motifs is 1. The SMILES string of the molecule is O=C(c1ccc(C2NC3CCC(Cl)CC3(C3CCCCCCC3)O2)c(F)c1)N1CCN(C(=O)C2(O)CC2)CC1. The van der Waals surface area contributed by atoms with Crippen LogP contribution in [-0.2, 0) is 9.53 Å². The molecule has 4 unspecified atom stereocenters. The summed E-state index contributed by atoms with van der Waals surface area (Å²) < 4.78 is 22.4. The van der Waals surface area contributed by atoms with E-state index in [1.807, 2.05) is 0 Å². The summed E-state index contributed by atoms with van der Waals surface area (Å²) in [6.45, 7) is 1.48. The van der Waals surface area contributed by atoms with Crippen molar-refractivity contribution in [2.45, 2.75) is 106 Å². The normalized spacial score (nSPS) is 33.3. The number of rotatable bonds is 4. The highest BCUT2D eigenvalue weighted by molar-refractivity contribution is 6.20. The number of carbonyl (C=O) groups excluding carboxylic acids is 2. The van der Waals surface area contributed by atoms with Crippen molar-refractivity contribution < 1.29 is 23.8 Å². The molecule has 2 aliphatic heterocycles. The maximum Gasteiger partial charge on any atom is 0.254 e. The van der Waals surface area contributed by atoms with Gasteiger partial charge in [-0.3, -0.25) is 14.9 Å². The third-order valence-electron chi connectivity index (χ3n) is 9.89. The zero-order valence-electron chi connectivity index (χ0n) is 22.7. The minimum Gasteiger partial charge on any atom is -0.380 e. The third-order valence-corrected chi connectivity index (χ3v) is 10.3. The Bertz CT molecular complexity index is 1080. The van der Waals surface area contributed by atoms with E-state index in [2.05, 4.69) is 5.32 Å². The molecule has 0 aromatic heterocycles. The van der Waals surface area contributed by atoms with Crippen LogP contribution in [0.15, 0.2) is 18.2 Å². The molecular weight excluding hydrogens is 521 g/mol. The molecule has 7 nitrogen and oxygen atoms in total. The molecule has 1 aromatic rings. The lowest BCUT2D eigenvalue weighted by molar-refractivity contribution is -0.143. The van der Waals surface area contributed by atoms with Crippen LogP contribution in [0, 0.1) is 11.7 Å². The van der Waals surface area contributed by atoms with Crippen molar-refractivity contribution in [3.05, 3.63) is 35.1 Å². The summed E-state index contributed by atoms with van der Waals surface area (Å²) in [6.07, 6.45) is 11.6. The van der Waals surface area contributed by atoms with Gasteiger partial charge in [0, 0.05) is 48.7 Å². The number of aliphatic hydroxyl groups is 1. The fourth-order valence-corrected chi connectivity index (χ4v) is 7.78. The highest BCUT2D eigenvalue weighted by Crippen LogP contribution is 2.50. The molecule has 214 valence electrons. The van der Waals surface area contributed by atoms with Gasteiger partial charge >= 0.3 is 0 Å². The van der Waals surface area contributed by atoms with Crippen LogP contribution in [-0.4, -0.2) is 75.5 Å². The van der Waals surface area contributed by atoms with Crippen molar-refractivity contribution >= 4 is 23.4 Å². The number of benzene rings is 1. The van der Waals surface area contributed by atoms with E-state index in [9.17, 15) is 14.7 Å². The Morgan fingerprint density at radius 1 is 0.974 bits per heavy atom. The topological polar surface area (TPSA) is 82.1 Å². The molecular formula is C30H41ClFN3O4. The highest BCUT2D eigenvalue weighted by Gasteiger charge is 2.56. The second-order valence-corrected chi connectivity index (χ2v) is 13.1. The molecule has 6 rings (SSSR count). The van der Waals surface area contributed by atoms with Crippen LogP contribution in [0.2, 0.25) is 0 Å². The van der Waals surface area contributed by atoms with Crippen LogP contribution in [0.25, 0.3) is 0 Å². The minimum absolute atomic E-state index is 0.0695. The van der Waals surface area contributed by atoms with Gasteiger partial charge < -0.3 is 19.6 Å². The predicted octanol–water partition coefficient (Wildman–Crippen LogP) is 4.51. The molecule has 0 spiro atoms. The number of ether oxygens (including phenoxy) is 1. The predicted molar refractivity (Wildman–Crippen MR) is 146 cm³/mol. The summed E-state index contributed by atoms with van der Waals surface area (Å²) >= 11 is 6.71. The summed E-state index contributed by atoms with van der Waals surface area (Å²) in [5.74, 6) is -0.524. The molecule has 4 atom stereocenters. The molecule has 2 N–H and O–H groups in total. The molecule has 9 heteroatoms. The van der Waals surface area contributed by atoms with Gasteiger partial charge in [0.05, 0.1) is 5.60 Å². The quantitative estimate of drug-likeness (QED) is 0.529. The summed E-state index contributed by atoms with van der Waals surface area (Å²) in [7, 11) is 0. The summed E-state index contributed by atoms with van der Waals surface area (Å²) in [5.41, 5.74) is -0.844. The molecule has 3 saturated carbocycles. The number of nitrogens with one attached hydrogen (secondary N) is 1. The highest BCUT2D eigenvalue weighted by atomic mass is 35.5. The Hall–Kier alpha value is -1.74. The van der Waals surface area contributed by atoms with Gasteiger partial charge in [-0.1, -0.05) is 38.2 Å². The fourth-order valence-electron chi connectivity index (χ4n) is 7.41. The molecule has 1 aromatic carbocycles. The molecule has 0 radical (unpaired) electrons. The average Bonchev–Trinajstić information content (AvgIpc) is 3.55. The Morgan fingerprint density at radius 3 is 2.31 bits per heavy atom. The smallest absolute Gasteiger partial charge is 0.254 e. The van der Waals surface area contributed by atoms with Gasteiger partial charge in [-0.15, -0.1) is 11.6 Å². The largest absolute Gasteiger partial charge is 0.380 e. The van der Waals surface area contributed by atoms with Gasteiger partial charge in [-0.05, 0) is 63.0 Å². The van der Waals surface area contributed by atoms with Gasteiger partial charge in [-0.2, -0.15) is 0 Å². The number of alkyl halides is 1. The maximum atomic E-state index is 15.6. The van der Waals surface area contributed by atoms with Crippen LogP contribution in [0.1, 0.15) is 99.2 Å². The van der Waals surface area contributed by atoms with Crippen molar-refractivity contribution in [3.63, 3.8) is 0 Å². The number of hydrogen-bond acceptors (Lipinski definition) is 5. The number of piperazine rings is 1. The minimum atomic E-state index is -1.20. The van der Waals surface area contributed by atoms with Crippen molar-refractivity contribution in [1.82, 2.24) is 15.1 Å². The lowest BCUT2D eigenvalue weighted by atomic mass is 9.68. The number of amides is 2. The van der Waals surface area contributed by atoms with Crippen LogP contribution < -0.4 is 5.32 Å². The molecule has 2 amide bonds. The van der Waals surface area contributed by atoms with E-state index < -0.39 is 17.6 Å². The van der Waals surface area contributed by atoms with Crippen LogP contribution in [0.3, 0.4) is 0 Å².